The molecule has 3 aromatic rings. The van der Waals surface area contributed by atoms with Gasteiger partial charge in [-0.05, 0) is 30.4 Å². The van der Waals surface area contributed by atoms with Gasteiger partial charge >= 0.3 is 0 Å². The number of halogens is 1. The molecule has 0 aliphatic carbocycles. The number of nitrogens with one attached hydrogen (secondary N) is 1. The van der Waals surface area contributed by atoms with Crippen molar-refractivity contribution in [3.63, 3.8) is 0 Å². The Labute approximate surface area is 150 Å². The Morgan fingerprint density at radius 3 is 2.64 bits per heavy atom. The van der Waals surface area contributed by atoms with Gasteiger partial charge in [0.25, 0.3) is 5.56 Å². The molecule has 1 aromatic carbocycles. The lowest BCUT2D eigenvalue weighted by Gasteiger charge is -2.36. The fourth-order valence-corrected chi connectivity index (χ4v) is 3.94. The molecule has 2 atom stereocenters. The van der Waals surface area contributed by atoms with Crippen molar-refractivity contribution in [1.29, 1.82) is 0 Å². The molecule has 6 nitrogen and oxygen atoms in total. The van der Waals surface area contributed by atoms with E-state index in [9.17, 15) is 4.79 Å². The second-order valence-electron chi connectivity index (χ2n) is 6.99. The average Bonchev–Trinajstić information content (AvgIpc) is 3.00. The van der Waals surface area contributed by atoms with Crippen LogP contribution >= 0.6 is 11.6 Å². The zero-order valence-corrected chi connectivity index (χ0v) is 15.0. The van der Waals surface area contributed by atoms with Gasteiger partial charge in [0, 0.05) is 13.1 Å². The van der Waals surface area contributed by atoms with Gasteiger partial charge in [-0.25, -0.2) is 4.98 Å². The Bertz CT molecular complexity index is 936. The fourth-order valence-electron chi connectivity index (χ4n) is 3.69. The number of anilines is 1. The molecule has 0 saturated carbocycles. The van der Waals surface area contributed by atoms with Crippen molar-refractivity contribution in [2.75, 3.05) is 18.0 Å². The van der Waals surface area contributed by atoms with E-state index in [4.69, 9.17) is 11.6 Å². The highest BCUT2D eigenvalue weighted by Crippen LogP contribution is 2.29. The molecule has 0 radical (unpaired) electrons. The molecule has 25 heavy (non-hydrogen) atoms. The maximum atomic E-state index is 12.8. The van der Waals surface area contributed by atoms with Crippen LogP contribution in [0.1, 0.15) is 20.3 Å². The second-order valence-corrected chi connectivity index (χ2v) is 7.37. The molecule has 4 rings (SSSR count). The minimum absolute atomic E-state index is 0.191. The Morgan fingerprint density at radius 2 is 1.92 bits per heavy atom. The lowest BCUT2D eigenvalue weighted by molar-refractivity contribution is 0.356. The number of para-hydroxylation sites is 2. The van der Waals surface area contributed by atoms with Crippen LogP contribution in [0.2, 0.25) is 5.02 Å². The molecule has 0 spiro atoms. The Balaban J connectivity index is 1.74. The molecule has 0 amide bonds. The smallest absolute Gasteiger partial charge is 0.295 e. The van der Waals surface area contributed by atoms with Crippen molar-refractivity contribution in [2.45, 2.75) is 20.3 Å². The lowest BCUT2D eigenvalue weighted by Crippen LogP contribution is -2.40. The van der Waals surface area contributed by atoms with E-state index in [1.807, 2.05) is 24.3 Å². The van der Waals surface area contributed by atoms with Crippen LogP contribution in [0.15, 0.2) is 35.3 Å². The number of imidazole rings is 1. The van der Waals surface area contributed by atoms with Crippen LogP contribution < -0.4 is 10.5 Å². The highest BCUT2D eigenvalue weighted by molar-refractivity contribution is 6.33. The summed E-state index contributed by atoms with van der Waals surface area (Å²) >= 11 is 6.42. The topological polar surface area (TPSA) is 66.8 Å². The molecule has 0 unspecified atom stereocenters. The third kappa shape index (κ3) is 2.91. The molecule has 7 heteroatoms. The van der Waals surface area contributed by atoms with Crippen molar-refractivity contribution in [1.82, 2.24) is 19.7 Å². The van der Waals surface area contributed by atoms with E-state index in [0.29, 0.717) is 23.5 Å². The average molecular weight is 358 g/mol. The molecule has 1 aliphatic rings. The number of rotatable bonds is 2. The predicted molar refractivity (Wildman–Crippen MR) is 99.7 cm³/mol. The zero-order chi connectivity index (χ0) is 17.6. The van der Waals surface area contributed by atoms with Crippen LogP contribution in [0, 0.1) is 11.8 Å². The number of nitrogens with zero attached hydrogens (tertiary/aromatic N) is 4. The van der Waals surface area contributed by atoms with Crippen LogP contribution in [0.5, 0.6) is 0 Å². The molecule has 1 aliphatic heterocycles. The largest absolute Gasteiger partial charge is 0.368 e. The number of fused-ring (bicyclic) bond motifs is 1. The van der Waals surface area contributed by atoms with E-state index < -0.39 is 0 Å². The highest BCUT2D eigenvalue weighted by Gasteiger charge is 2.25. The van der Waals surface area contributed by atoms with Gasteiger partial charge in [-0.1, -0.05) is 37.6 Å². The van der Waals surface area contributed by atoms with Crippen molar-refractivity contribution in [3.05, 3.63) is 45.8 Å². The van der Waals surface area contributed by atoms with Gasteiger partial charge in [0.2, 0.25) is 5.95 Å². The molecular weight excluding hydrogens is 338 g/mol. The first-order chi connectivity index (χ1) is 12.0. The maximum Gasteiger partial charge on any atom is 0.295 e. The summed E-state index contributed by atoms with van der Waals surface area (Å²) in [4.78, 5) is 22.5. The van der Waals surface area contributed by atoms with Gasteiger partial charge in [-0.3, -0.25) is 4.79 Å². The van der Waals surface area contributed by atoms with Crippen LogP contribution in [0.4, 0.5) is 5.69 Å². The second kappa shape index (κ2) is 6.19. The van der Waals surface area contributed by atoms with E-state index >= 15 is 0 Å². The van der Waals surface area contributed by atoms with Gasteiger partial charge < -0.3 is 9.88 Å². The van der Waals surface area contributed by atoms with Crippen LogP contribution in [0.25, 0.3) is 17.0 Å². The van der Waals surface area contributed by atoms with Crippen LogP contribution in [0.3, 0.4) is 0 Å². The minimum Gasteiger partial charge on any atom is -0.368 e. The Kier molecular flexibility index (Phi) is 4.00. The lowest BCUT2D eigenvalue weighted by atomic mass is 9.92. The first-order valence-electron chi connectivity index (χ1n) is 8.51. The summed E-state index contributed by atoms with van der Waals surface area (Å²) in [5.74, 6) is 1.51. The highest BCUT2D eigenvalue weighted by atomic mass is 35.5. The van der Waals surface area contributed by atoms with E-state index in [2.05, 4.69) is 33.8 Å². The van der Waals surface area contributed by atoms with Gasteiger partial charge in [0.15, 0.2) is 0 Å². The predicted octanol–water partition coefficient (Wildman–Crippen LogP) is 3.24. The van der Waals surface area contributed by atoms with Crippen molar-refractivity contribution < 1.29 is 0 Å². The van der Waals surface area contributed by atoms with Crippen molar-refractivity contribution >= 4 is 28.3 Å². The summed E-state index contributed by atoms with van der Waals surface area (Å²) in [7, 11) is 0. The molecule has 3 heterocycles. The summed E-state index contributed by atoms with van der Waals surface area (Å²) in [6, 6.07) is 7.60. The number of aromatic amines is 1. The standard InChI is InChI=1S/C18H20ClN5O/c1-11-7-12(2)10-23(9-11)15-8-20-24(17(25)16(15)19)18-21-13-5-3-4-6-14(13)22-18/h3-6,8,11-12H,7,9-10H2,1-2H3,(H,21,22)/t11-,12+. The SMILES string of the molecule is C[C@@H]1C[C@H](C)CN(c2cnn(-c3nc4ccccc4[nH]3)c(=O)c2Cl)C1. The fraction of sp³-hybridized carbons (Fsp3) is 0.389. The quantitative estimate of drug-likeness (QED) is 0.764. The first-order valence-corrected chi connectivity index (χ1v) is 8.88. The summed E-state index contributed by atoms with van der Waals surface area (Å²) in [5.41, 5.74) is 1.98. The molecule has 1 N–H and O–H groups in total. The molecule has 130 valence electrons. The third-order valence-corrected chi connectivity index (χ3v) is 5.04. The zero-order valence-electron chi connectivity index (χ0n) is 14.2. The maximum absolute atomic E-state index is 12.8. The summed E-state index contributed by atoms with van der Waals surface area (Å²) in [6.07, 6.45) is 2.86. The summed E-state index contributed by atoms with van der Waals surface area (Å²) in [5, 5.41) is 4.51. The van der Waals surface area contributed by atoms with E-state index in [1.165, 1.54) is 11.1 Å². The van der Waals surface area contributed by atoms with Crippen LogP contribution in [-0.4, -0.2) is 32.8 Å². The Morgan fingerprint density at radius 1 is 1.20 bits per heavy atom. The van der Waals surface area contributed by atoms with Gasteiger partial charge in [-0.2, -0.15) is 9.78 Å². The number of piperidine rings is 1. The van der Waals surface area contributed by atoms with Crippen LogP contribution in [-0.2, 0) is 0 Å². The van der Waals surface area contributed by atoms with E-state index in [0.717, 1.165) is 24.1 Å². The van der Waals surface area contributed by atoms with Crippen molar-refractivity contribution in [2.24, 2.45) is 11.8 Å². The number of benzene rings is 1. The molecule has 1 fully saturated rings. The van der Waals surface area contributed by atoms with Crippen molar-refractivity contribution in [3.8, 4) is 5.95 Å². The number of H-pyrrole nitrogens is 1. The third-order valence-electron chi connectivity index (χ3n) is 4.69. The van der Waals surface area contributed by atoms with Gasteiger partial charge in [0.1, 0.15) is 5.02 Å². The molecule has 1 saturated heterocycles. The molecule has 0 bridgehead atoms. The van der Waals surface area contributed by atoms with E-state index in [1.54, 1.807) is 6.20 Å². The number of hydrogen-bond acceptors (Lipinski definition) is 4. The Hall–Kier alpha value is -2.34. The monoisotopic (exact) mass is 357 g/mol. The minimum atomic E-state index is -0.357. The summed E-state index contributed by atoms with van der Waals surface area (Å²) < 4.78 is 1.22. The van der Waals surface area contributed by atoms with Gasteiger partial charge in [-0.15, -0.1) is 0 Å². The number of hydrogen-bond donors (Lipinski definition) is 1. The number of aromatic nitrogens is 4. The normalized spacial score (nSPS) is 21.0. The molecule has 2 aromatic heterocycles. The van der Waals surface area contributed by atoms with E-state index in [-0.39, 0.29) is 10.6 Å². The van der Waals surface area contributed by atoms with Gasteiger partial charge in [0.05, 0.1) is 22.9 Å². The summed E-state index contributed by atoms with van der Waals surface area (Å²) in [6.45, 7) is 6.22. The first kappa shape index (κ1) is 16.1. The molecular formula is C18H20ClN5O.